The zero-order chi connectivity index (χ0) is 22.4. The molecule has 2 aromatic rings. The Labute approximate surface area is 181 Å². The van der Waals surface area contributed by atoms with Gasteiger partial charge in [-0.05, 0) is 60.7 Å². The van der Waals surface area contributed by atoms with Crippen LogP contribution < -0.4 is 0 Å². The standard InChI is InChI=1S/C25H27F3N2O/c1-3-4-15-30(17-19-9-14-23(31)18(2)16-19)24-8-6-5-7-22(29-24)20-10-12-21(13-11-20)25(26,27)28/h6-14,16,31H,3-5,15,17H2,1-2H3. The Morgan fingerprint density at radius 3 is 2.48 bits per heavy atom. The molecule has 0 aromatic heterocycles. The van der Waals surface area contributed by atoms with Crippen LogP contribution in [-0.4, -0.2) is 22.4 Å². The van der Waals surface area contributed by atoms with Crippen LogP contribution in [-0.2, 0) is 12.7 Å². The van der Waals surface area contributed by atoms with Crippen LogP contribution in [0.1, 0.15) is 48.4 Å². The van der Waals surface area contributed by atoms with Gasteiger partial charge in [0.2, 0.25) is 0 Å². The minimum absolute atomic E-state index is 0.267. The smallest absolute Gasteiger partial charge is 0.416 e. The zero-order valence-electron chi connectivity index (χ0n) is 17.8. The van der Waals surface area contributed by atoms with E-state index in [0.29, 0.717) is 24.2 Å². The SMILES string of the molecule is CCCCN(Cc1ccc(O)c(C)c1)C1=NC(c2ccc(C(F)(F)F)cc2)=CCC=C1. The Kier molecular flexibility index (Phi) is 7.21. The topological polar surface area (TPSA) is 35.8 Å². The van der Waals surface area contributed by atoms with Crippen molar-refractivity contribution in [2.45, 2.75) is 45.8 Å². The fourth-order valence-electron chi connectivity index (χ4n) is 3.41. The molecule has 0 fully saturated rings. The summed E-state index contributed by atoms with van der Waals surface area (Å²) in [7, 11) is 0. The molecule has 0 spiro atoms. The molecule has 0 saturated carbocycles. The first-order valence-corrected chi connectivity index (χ1v) is 10.4. The number of hydrogen-bond donors (Lipinski definition) is 1. The Hall–Kier alpha value is -3.02. The molecule has 0 unspecified atom stereocenters. The molecule has 164 valence electrons. The highest BCUT2D eigenvalue weighted by atomic mass is 19.4. The summed E-state index contributed by atoms with van der Waals surface area (Å²) in [5, 5.41) is 9.81. The van der Waals surface area contributed by atoms with E-state index in [0.717, 1.165) is 48.5 Å². The van der Waals surface area contributed by atoms with Crippen LogP contribution in [0.3, 0.4) is 0 Å². The third-order valence-electron chi connectivity index (χ3n) is 5.20. The number of rotatable bonds is 6. The molecule has 2 aromatic carbocycles. The number of alkyl halides is 3. The lowest BCUT2D eigenvalue weighted by atomic mass is 10.1. The van der Waals surface area contributed by atoms with Crippen molar-refractivity contribution in [1.29, 1.82) is 0 Å². The van der Waals surface area contributed by atoms with Gasteiger partial charge < -0.3 is 10.0 Å². The Morgan fingerprint density at radius 2 is 1.84 bits per heavy atom. The first kappa shape index (κ1) is 22.7. The second-order valence-electron chi connectivity index (χ2n) is 7.67. The molecule has 0 atom stereocenters. The van der Waals surface area contributed by atoms with E-state index in [9.17, 15) is 18.3 Å². The highest BCUT2D eigenvalue weighted by Crippen LogP contribution is 2.31. The third kappa shape index (κ3) is 6.00. The van der Waals surface area contributed by atoms with Crippen LogP contribution in [0.5, 0.6) is 5.75 Å². The second-order valence-corrected chi connectivity index (χ2v) is 7.67. The third-order valence-corrected chi connectivity index (χ3v) is 5.20. The number of amidine groups is 1. The number of phenols is 1. The first-order chi connectivity index (χ1) is 14.8. The molecule has 1 aliphatic rings. The van der Waals surface area contributed by atoms with Crippen molar-refractivity contribution < 1.29 is 18.3 Å². The second kappa shape index (κ2) is 9.86. The summed E-state index contributed by atoms with van der Waals surface area (Å²) in [6.07, 6.45) is 4.23. The molecule has 3 rings (SSSR count). The number of unbranched alkanes of at least 4 members (excludes halogenated alkanes) is 1. The van der Waals surface area contributed by atoms with Gasteiger partial charge in [-0.3, -0.25) is 0 Å². The van der Waals surface area contributed by atoms with E-state index < -0.39 is 11.7 Å². The van der Waals surface area contributed by atoms with E-state index in [4.69, 9.17) is 4.99 Å². The number of allylic oxidation sites excluding steroid dienone is 2. The monoisotopic (exact) mass is 428 g/mol. The van der Waals surface area contributed by atoms with Crippen LogP contribution in [0.25, 0.3) is 5.70 Å². The fraction of sp³-hybridized carbons (Fsp3) is 0.320. The van der Waals surface area contributed by atoms with Crippen LogP contribution in [0.2, 0.25) is 0 Å². The molecule has 0 saturated heterocycles. The summed E-state index contributed by atoms with van der Waals surface area (Å²) in [5.74, 6) is 1.05. The van der Waals surface area contributed by atoms with Gasteiger partial charge in [-0.1, -0.05) is 49.8 Å². The average molecular weight is 428 g/mol. The summed E-state index contributed by atoms with van der Waals surface area (Å²) in [5.41, 5.74) is 2.53. The predicted molar refractivity (Wildman–Crippen MR) is 119 cm³/mol. The molecule has 0 aliphatic carbocycles. The molecule has 0 amide bonds. The maximum absolute atomic E-state index is 12.9. The van der Waals surface area contributed by atoms with Gasteiger partial charge in [0.15, 0.2) is 0 Å². The highest BCUT2D eigenvalue weighted by molar-refractivity contribution is 5.97. The number of aryl methyl sites for hydroxylation is 1. The molecule has 1 aliphatic heterocycles. The minimum Gasteiger partial charge on any atom is -0.508 e. The number of hydrogen-bond acceptors (Lipinski definition) is 3. The summed E-state index contributed by atoms with van der Waals surface area (Å²) in [6, 6.07) is 10.7. The number of aliphatic imine (C=N–C) groups is 1. The summed E-state index contributed by atoms with van der Waals surface area (Å²) >= 11 is 0. The van der Waals surface area contributed by atoms with E-state index in [1.807, 2.05) is 37.3 Å². The summed E-state index contributed by atoms with van der Waals surface area (Å²) < 4.78 is 38.7. The molecule has 0 bridgehead atoms. The van der Waals surface area contributed by atoms with E-state index in [1.54, 1.807) is 6.07 Å². The predicted octanol–water partition coefficient (Wildman–Crippen LogP) is 6.72. The lowest BCUT2D eigenvalue weighted by Crippen LogP contribution is -2.30. The Balaban J connectivity index is 1.89. The number of benzene rings is 2. The van der Waals surface area contributed by atoms with Crippen LogP contribution in [0.15, 0.2) is 65.7 Å². The van der Waals surface area contributed by atoms with E-state index in [1.165, 1.54) is 12.1 Å². The van der Waals surface area contributed by atoms with Crippen molar-refractivity contribution in [1.82, 2.24) is 4.90 Å². The van der Waals surface area contributed by atoms with Crippen molar-refractivity contribution in [3.63, 3.8) is 0 Å². The summed E-state index contributed by atoms with van der Waals surface area (Å²) in [4.78, 5) is 6.99. The fourth-order valence-corrected chi connectivity index (χ4v) is 3.41. The quantitative estimate of drug-likeness (QED) is 0.554. The molecule has 6 heteroatoms. The van der Waals surface area contributed by atoms with Gasteiger partial charge in [0.05, 0.1) is 11.3 Å². The molecule has 1 N–H and O–H groups in total. The lowest BCUT2D eigenvalue weighted by Gasteiger charge is -2.25. The van der Waals surface area contributed by atoms with Crippen molar-refractivity contribution in [3.8, 4) is 5.75 Å². The van der Waals surface area contributed by atoms with Crippen molar-refractivity contribution in [2.75, 3.05) is 6.54 Å². The normalized spacial score (nSPS) is 14.1. The largest absolute Gasteiger partial charge is 0.508 e. The van der Waals surface area contributed by atoms with Crippen molar-refractivity contribution >= 4 is 11.5 Å². The number of phenolic OH excluding ortho intramolecular Hbond substituents is 1. The number of halogens is 3. The van der Waals surface area contributed by atoms with Crippen LogP contribution in [0, 0.1) is 6.92 Å². The maximum atomic E-state index is 12.9. The molecular formula is C25H27F3N2O. The zero-order valence-corrected chi connectivity index (χ0v) is 17.8. The van der Waals surface area contributed by atoms with Crippen LogP contribution in [0.4, 0.5) is 13.2 Å². The van der Waals surface area contributed by atoms with Gasteiger partial charge in [-0.25, -0.2) is 4.99 Å². The highest BCUT2D eigenvalue weighted by Gasteiger charge is 2.30. The maximum Gasteiger partial charge on any atom is 0.416 e. The number of nitrogens with zero attached hydrogens (tertiary/aromatic N) is 2. The minimum atomic E-state index is -4.36. The van der Waals surface area contributed by atoms with Gasteiger partial charge in [-0.2, -0.15) is 13.2 Å². The Morgan fingerprint density at radius 1 is 1.10 bits per heavy atom. The lowest BCUT2D eigenvalue weighted by molar-refractivity contribution is -0.137. The van der Waals surface area contributed by atoms with Crippen molar-refractivity contribution in [2.24, 2.45) is 4.99 Å². The van der Waals surface area contributed by atoms with Gasteiger partial charge in [0.1, 0.15) is 11.6 Å². The van der Waals surface area contributed by atoms with Crippen molar-refractivity contribution in [3.05, 3.63) is 82.9 Å². The summed E-state index contributed by atoms with van der Waals surface area (Å²) in [6.45, 7) is 5.43. The molecular weight excluding hydrogens is 401 g/mol. The van der Waals surface area contributed by atoms with Gasteiger partial charge in [-0.15, -0.1) is 0 Å². The van der Waals surface area contributed by atoms with E-state index in [2.05, 4.69) is 11.8 Å². The average Bonchev–Trinajstić information content (AvgIpc) is 2.99. The molecule has 1 heterocycles. The molecule has 3 nitrogen and oxygen atoms in total. The molecule has 0 radical (unpaired) electrons. The van der Waals surface area contributed by atoms with Gasteiger partial charge in [0, 0.05) is 13.1 Å². The van der Waals surface area contributed by atoms with Gasteiger partial charge in [0.25, 0.3) is 0 Å². The molecule has 31 heavy (non-hydrogen) atoms. The van der Waals surface area contributed by atoms with Gasteiger partial charge >= 0.3 is 6.18 Å². The van der Waals surface area contributed by atoms with E-state index in [-0.39, 0.29) is 5.75 Å². The van der Waals surface area contributed by atoms with E-state index >= 15 is 0 Å². The Bertz CT molecular complexity index is 989. The number of aromatic hydroxyl groups is 1. The first-order valence-electron chi connectivity index (χ1n) is 10.4. The van der Waals surface area contributed by atoms with Crippen LogP contribution >= 0.6 is 0 Å².